The predicted octanol–water partition coefficient (Wildman–Crippen LogP) is 3.15. The van der Waals surface area contributed by atoms with Gasteiger partial charge in [-0.3, -0.25) is 4.79 Å². The second-order valence-corrected chi connectivity index (χ2v) is 6.10. The molecule has 0 aliphatic rings. The van der Waals surface area contributed by atoms with Crippen molar-refractivity contribution in [1.29, 1.82) is 0 Å². The summed E-state index contributed by atoms with van der Waals surface area (Å²) in [6.07, 6.45) is 3.31. The molecule has 0 atom stereocenters. The Kier molecular flexibility index (Phi) is 4.43. The number of aromatic nitrogens is 3. The lowest BCUT2D eigenvalue weighted by Gasteiger charge is -2.02. The molecule has 6 heteroatoms. The Balaban J connectivity index is 1.78. The molecule has 116 valence electrons. The molecule has 0 saturated heterocycles. The molecule has 3 aromatic rings. The summed E-state index contributed by atoms with van der Waals surface area (Å²) in [5.41, 5.74) is 2.94. The van der Waals surface area contributed by atoms with Gasteiger partial charge in [0, 0.05) is 18.0 Å². The van der Waals surface area contributed by atoms with E-state index in [0.717, 1.165) is 21.8 Å². The molecule has 0 radical (unpaired) electrons. The maximum Gasteiger partial charge on any atom is 0.263 e. The maximum atomic E-state index is 12.4. The zero-order valence-corrected chi connectivity index (χ0v) is 13.7. The van der Waals surface area contributed by atoms with Crippen molar-refractivity contribution >= 4 is 17.2 Å². The van der Waals surface area contributed by atoms with Crippen LogP contribution in [0, 0.1) is 13.8 Å². The number of hydrogen-bond donors (Lipinski definition) is 1. The van der Waals surface area contributed by atoms with Gasteiger partial charge in [-0.25, -0.2) is 15.0 Å². The molecule has 1 amide bonds. The average molecular weight is 324 g/mol. The lowest BCUT2D eigenvalue weighted by Crippen LogP contribution is -2.23. The zero-order chi connectivity index (χ0) is 16.2. The summed E-state index contributed by atoms with van der Waals surface area (Å²) < 4.78 is 0. The summed E-state index contributed by atoms with van der Waals surface area (Å²) in [4.78, 5) is 25.7. The first-order chi connectivity index (χ1) is 11.1. The van der Waals surface area contributed by atoms with Gasteiger partial charge in [0.2, 0.25) is 0 Å². The van der Waals surface area contributed by atoms with Crippen LogP contribution in [-0.4, -0.2) is 20.9 Å². The summed E-state index contributed by atoms with van der Waals surface area (Å²) in [5, 5.41) is 3.70. The third kappa shape index (κ3) is 3.43. The highest BCUT2D eigenvalue weighted by molar-refractivity contribution is 7.17. The molecule has 0 aliphatic carbocycles. The number of aryl methyl sites for hydroxylation is 2. The van der Waals surface area contributed by atoms with Gasteiger partial charge in [-0.1, -0.05) is 24.3 Å². The van der Waals surface area contributed by atoms with Crippen LogP contribution in [0.25, 0.3) is 10.6 Å². The van der Waals surface area contributed by atoms with Gasteiger partial charge in [0.1, 0.15) is 15.7 Å². The van der Waals surface area contributed by atoms with Crippen LogP contribution in [-0.2, 0) is 6.54 Å². The SMILES string of the molecule is Cc1ccccc1-c1nc(C)c(C(=O)NCc2ncccn2)s1. The van der Waals surface area contributed by atoms with Gasteiger partial charge < -0.3 is 5.32 Å². The summed E-state index contributed by atoms with van der Waals surface area (Å²) in [7, 11) is 0. The lowest BCUT2D eigenvalue weighted by molar-refractivity contribution is 0.0953. The van der Waals surface area contributed by atoms with Crippen molar-refractivity contribution in [2.24, 2.45) is 0 Å². The Morgan fingerprint density at radius 3 is 2.61 bits per heavy atom. The van der Waals surface area contributed by atoms with E-state index in [1.165, 1.54) is 11.3 Å². The summed E-state index contributed by atoms with van der Waals surface area (Å²) >= 11 is 1.41. The fourth-order valence-corrected chi connectivity index (χ4v) is 3.27. The summed E-state index contributed by atoms with van der Waals surface area (Å²) in [6.45, 7) is 4.20. The maximum absolute atomic E-state index is 12.4. The number of carbonyl (C=O) groups excluding carboxylic acids is 1. The first-order valence-electron chi connectivity index (χ1n) is 7.22. The molecule has 0 unspecified atom stereocenters. The number of nitrogens with one attached hydrogen (secondary N) is 1. The smallest absolute Gasteiger partial charge is 0.263 e. The van der Waals surface area contributed by atoms with Crippen LogP contribution >= 0.6 is 11.3 Å². The normalized spacial score (nSPS) is 10.5. The molecular weight excluding hydrogens is 308 g/mol. The Hall–Kier alpha value is -2.60. The van der Waals surface area contributed by atoms with E-state index in [1.807, 2.05) is 38.1 Å². The van der Waals surface area contributed by atoms with E-state index in [0.29, 0.717) is 17.2 Å². The zero-order valence-electron chi connectivity index (χ0n) is 12.9. The second kappa shape index (κ2) is 6.66. The van der Waals surface area contributed by atoms with Crippen molar-refractivity contribution in [3.05, 3.63) is 64.7 Å². The molecule has 1 N–H and O–H groups in total. The van der Waals surface area contributed by atoms with Crippen molar-refractivity contribution in [3.8, 4) is 10.6 Å². The topological polar surface area (TPSA) is 67.8 Å². The van der Waals surface area contributed by atoms with E-state index in [1.54, 1.807) is 18.5 Å². The highest BCUT2D eigenvalue weighted by atomic mass is 32.1. The van der Waals surface area contributed by atoms with Crippen LogP contribution in [0.1, 0.15) is 26.8 Å². The molecule has 5 nitrogen and oxygen atoms in total. The minimum Gasteiger partial charge on any atom is -0.344 e. The van der Waals surface area contributed by atoms with E-state index in [-0.39, 0.29) is 5.91 Å². The minimum absolute atomic E-state index is 0.146. The van der Waals surface area contributed by atoms with E-state index in [4.69, 9.17) is 0 Å². The largest absolute Gasteiger partial charge is 0.344 e. The van der Waals surface area contributed by atoms with E-state index < -0.39 is 0 Å². The minimum atomic E-state index is -0.146. The molecule has 0 bridgehead atoms. The van der Waals surface area contributed by atoms with E-state index in [9.17, 15) is 4.79 Å². The Morgan fingerprint density at radius 2 is 1.87 bits per heavy atom. The van der Waals surface area contributed by atoms with E-state index >= 15 is 0 Å². The standard InChI is InChI=1S/C17H16N4OS/c1-11-6-3-4-7-13(11)17-21-12(2)15(23-17)16(22)20-10-14-18-8-5-9-19-14/h3-9H,10H2,1-2H3,(H,20,22). The van der Waals surface area contributed by atoms with Gasteiger partial charge in [-0.05, 0) is 25.5 Å². The number of amides is 1. The van der Waals surface area contributed by atoms with Gasteiger partial charge in [0.05, 0.1) is 12.2 Å². The average Bonchev–Trinajstić information content (AvgIpc) is 2.96. The van der Waals surface area contributed by atoms with Gasteiger partial charge in [-0.2, -0.15) is 0 Å². The van der Waals surface area contributed by atoms with Gasteiger partial charge in [0.25, 0.3) is 5.91 Å². The Bertz CT molecular complexity index is 830. The monoisotopic (exact) mass is 324 g/mol. The highest BCUT2D eigenvalue weighted by Crippen LogP contribution is 2.29. The number of carbonyl (C=O) groups is 1. The highest BCUT2D eigenvalue weighted by Gasteiger charge is 2.17. The van der Waals surface area contributed by atoms with Gasteiger partial charge in [-0.15, -0.1) is 11.3 Å². The number of thiazole rings is 1. The predicted molar refractivity (Wildman–Crippen MR) is 90.2 cm³/mol. The van der Waals surface area contributed by atoms with Crippen LogP contribution in [0.5, 0.6) is 0 Å². The van der Waals surface area contributed by atoms with Crippen LogP contribution in [0.15, 0.2) is 42.7 Å². The quantitative estimate of drug-likeness (QED) is 0.800. The van der Waals surface area contributed by atoms with Crippen LogP contribution in [0.3, 0.4) is 0 Å². The second-order valence-electron chi connectivity index (χ2n) is 5.10. The van der Waals surface area contributed by atoms with E-state index in [2.05, 4.69) is 20.3 Å². The van der Waals surface area contributed by atoms with Crippen LogP contribution < -0.4 is 5.32 Å². The van der Waals surface area contributed by atoms with Crippen molar-refractivity contribution < 1.29 is 4.79 Å². The summed E-state index contributed by atoms with van der Waals surface area (Å²) in [6, 6.07) is 9.77. The molecule has 1 aromatic carbocycles. The van der Waals surface area contributed by atoms with Crippen molar-refractivity contribution in [3.63, 3.8) is 0 Å². The molecule has 0 fully saturated rings. The lowest BCUT2D eigenvalue weighted by atomic mass is 10.1. The Labute approximate surface area is 138 Å². The number of benzene rings is 1. The number of rotatable bonds is 4. The fraction of sp³-hybridized carbons (Fsp3) is 0.176. The van der Waals surface area contributed by atoms with Gasteiger partial charge >= 0.3 is 0 Å². The fourth-order valence-electron chi connectivity index (χ4n) is 2.20. The molecule has 0 aliphatic heterocycles. The first kappa shape index (κ1) is 15.3. The molecule has 0 saturated carbocycles. The number of nitrogens with zero attached hydrogens (tertiary/aromatic N) is 3. The number of hydrogen-bond acceptors (Lipinski definition) is 5. The van der Waals surface area contributed by atoms with Crippen molar-refractivity contribution in [2.75, 3.05) is 0 Å². The Morgan fingerprint density at radius 1 is 1.13 bits per heavy atom. The summed E-state index contributed by atoms with van der Waals surface area (Å²) in [5.74, 6) is 0.439. The molecule has 2 heterocycles. The third-order valence-electron chi connectivity index (χ3n) is 3.40. The van der Waals surface area contributed by atoms with Crippen molar-refractivity contribution in [1.82, 2.24) is 20.3 Å². The molecule has 2 aromatic heterocycles. The van der Waals surface area contributed by atoms with Crippen LogP contribution in [0.4, 0.5) is 0 Å². The molecule has 3 rings (SSSR count). The third-order valence-corrected chi connectivity index (χ3v) is 4.59. The molecule has 0 spiro atoms. The molecular formula is C17H16N4OS. The molecule has 23 heavy (non-hydrogen) atoms. The first-order valence-corrected chi connectivity index (χ1v) is 8.04. The van der Waals surface area contributed by atoms with Gasteiger partial charge in [0.15, 0.2) is 0 Å². The van der Waals surface area contributed by atoms with Crippen LogP contribution in [0.2, 0.25) is 0 Å². The van der Waals surface area contributed by atoms with Crippen molar-refractivity contribution in [2.45, 2.75) is 20.4 Å².